The second-order valence-electron chi connectivity index (χ2n) is 5.74. The fourth-order valence-corrected chi connectivity index (χ4v) is 3.09. The number of aromatic nitrogens is 3. The average molecular weight is 333 g/mol. The van der Waals surface area contributed by atoms with Crippen molar-refractivity contribution in [2.24, 2.45) is 0 Å². The van der Waals surface area contributed by atoms with Crippen LogP contribution in [0.15, 0.2) is 60.8 Å². The van der Waals surface area contributed by atoms with Gasteiger partial charge in [0.15, 0.2) is 5.69 Å². The standard InChI is InChI=1S/C18H15N5O2/c24-16-11-23(18(25)15-10-19-22-21-15)17(12-6-2-1-3-7-12)13-8-4-5-9-14(13)20-16/h1-10,17H,11H2,(H,20,24)(H,19,21,22)/t17-/m0/s1. The van der Waals surface area contributed by atoms with Gasteiger partial charge in [0.05, 0.1) is 12.2 Å². The second kappa shape index (κ2) is 6.20. The highest BCUT2D eigenvalue weighted by molar-refractivity contribution is 6.00. The predicted molar refractivity (Wildman–Crippen MR) is 90.8 cm³/mol. The molecular weight excluding hydrogens is 318 g/mol. The number of H-pyrrole nitrogens is 1. The number of anilines is 1. The predicted octanol–water partition coefficient (Wildman–Crippen LogP) is 1.99. The van der Waals surface area contributed by atoms with E-state index in [4.69, 9.17) is 0 Å². The van der Waals surface area contributed by atoms with Gasteiger partial charge >= 0.3 is 0 Å². The molecule has 4 rings (SSSR count). The molecule has 0 fully saturated rings. The van der Waals surface area contributed by atoms with Crippen LogP contribution in [0.1, 0.15) is 27.7 Å². The van der Waals surface area contributed by atoms with Crippen molar-refractivity contribution in [1.29, 1.82) is 0 Å². The van der Waals surface area contributed by atoms with E-state index >= 15 is 0 Å². The van der Waals surface area contributed by atoms with Crippen LogP contribution in [0.4, 0.5) is 5.69 Å². The number of nitrogens with one attached hydrogen (secondary N) is 2. The quantitative estimate of drug-likeness (QED) is 0.750. The fourth-order valence-electron chi connectivity index (χ4n) is 3.09. The lowest BCUT2D eigenvalue weighted by atomic mass is 9.95. The van der Waals surface area contributed by atoms with Crippen LogP contribution in [0.5, 0.6) is 0 Å². The van der Waals surface area contributed by atoms with Gasteiger partial charge in [-0.1, -0.05) is 48.5 Å². The van der Waals surface area contributed by atoms with Gasteiger partial charge in [-0.15, -0.1) is 0 Å². The van der Waals surface area contributed by atoms with Gasteiger partial charge in [-0.25, -0.2) is 0 Å². The first-order valence-corrected chi connectivity index (χ1v) is 7.84. The number of hydrogen-bond acceptors (Lipinski definition) is 4. The van der Waals surface area contributed by atoms with Gasteiger partial charge in [0.25, 0.3) is 5.91 Å². The molecule has 7 nitrogen and oxygen atoms in total. The van der Waals surface area contributed by atoms with Crippen LogP contribution < -0.4 is 5.32 Å². The molecule has 2 N–H and O–H groups in total. The van der Waals surface area contributed by atoms with E-state index in [1.807, 2.05) is 54.6 Å². The molecule has 0 saturated heterocycles. The summed E-state index contributed by atoms with van der Waals surface area (Å²) < 4.78 is 0. The summed E-state index contributed by atoms with van der Waals surface area (Å²) in [6, 6.07) is 16.7. The molecule has 25 heavy (non-hydrogen) atoms. The van der Waals surface area contributed by atoms with E-state index in [0.717, 1.165) is 11.1 Å². The molecule has 2 aromatic carbocycles. The minimum absolute atomic E-state index is 0.0695. The number of hydrogen-bond donors (Lipinski definition) is 2. The lowest BCUT2D eigenvalue weighted by Crippen LogP contribution is -2.39. The number of fused-ring (bicyclic) bond motifs is 1. The van der Waals surface area contributed by atoms with E-state index < -0.39 is 6.04 Å². The first kappa shape index (κ1) is 15.1. The van der Waals surface area contributed by atoms with E-state index in [0.29, 0.717) is 5.69 Å². The van der Waals surface area contributed by atoms with Crippen LogP contribution in [0.2, 0.25) is 0 Å². The molecule has 0 spiro atoms. The number of aromatic amines is 1. The van der Waals surface area contributed by atoms with Crippen LogP contribution in [-0.4, -0.2) is 38.7 Å². The lowest BCUT2D eigenvalue weighted by Gasteiger charge is -2.29. The summed E-state index contributed by atoms with van der Waals surface area (Å²) in [6.45, 7) is -0.0695. The van der Waals surface area contributed by atoms with E-state index in [1.165, 1.54) is 11.1 Å². The highest BCUT2D eigenvalue weighted by atomic mass is 16.2. The fraction of sp³-hybridized carbons (Fsp3) is 0.111. The van der Waals surface area contributed by atoms with Crippen molar-refractivity contribution in [2.75, 3.05) is 11.9 Å². The number of rotatable bonds is 2. The zero-order valence-electron chi connectivity index (χ0n) is 13.2. The Morgan fingerprint density at radius 3 is 2.60 bits per heavy atom. The smallest absolute Gasteiger partial charge is 0.277 e. The maximum atomic E-state index is 13.0. The highest BCUT2D eigenvalue weighted by Gasteiger charge is 2.34. The maximum Gasteiger partial charge on any atom is 0.277 e. The molecule has 124 valence electrons. The third-order valence-electron chi connectivity index (χ3n) is 4.17. The zero-order valence-corrected chi connectivity index (χ0v) is 13.2. The number of carbonyl (C=O) groups excluding carboxylic acids is 2. The van der Waals surface area contributed by atoms with Gasteiger partial charge in [-0.05, 0) is 11.6 Å². The highest BCUT2D eigenvalue weighted by Crippen LogP contribution is 2.36. The molecular formula is C18H15N5O2. The summed E-state index contributed by atoms with van der Waals surface area (Å²) in [5.41, 5.74) is 2.66. The molecule has 2 heterocycles. The van der Waals surface area contributed by atoms with Crippen molar-refractivity contribution in [1.82, 2.24) is 20.3 Å². The van der Waals surface area contributed by atoms with Crippen LogP contribution in [0.25, 0.3) is 0 Å². The van der Waals surface area contributed by atoms with Gasteiger partial charge in [0.2, 0.25) is 5.91 Å². The largest absolute Gasteiger partial charge is 0.324 e. The summed E-state index contributed by atoms with van der Waals surface area (Å²) in [7, 11) is 0. The Bertz CT molecular complexity index is 908. The van der Waals surface area contributed by atoms with Crippen molar-refractivity contribution in [3.8, 4) is 0 Å². The molecule has 1 atom stereocenters. The van der Waals surface area contributed by atoms with Crippen molar-refractivity contribution in [3.05, 3.63) is 77.6 Å². The normalized spacial score (nSPS) is 16.7. The van der Waals surface area contributed by atoms with Crippen LogP contribution >= 0.6 is 0 Å². The zero-order chi connectivity index (χ0) is 17.2. The summed E-state index contributed by atoms with van der Waals surface area (Å²) in [4.78, 5) is 26.9. The molecule has 2 amide bonds. The minimum Gasteiger partial charge on any atom is -0.324 e. The molecule has 1 aromatic heterocycles. The molecule has 1 aliphatic rings. The topological polar surface area (TPSA) is 91.0 Å². The number of nitrogens with zero attached hydrogens (tertiary/aromatic N) is 3. The first-order chi connectivity index (χ1) is 12.2. The van der Waals surface area contributed by atoms with E-state index in [1.54, 1.807) is 0 Å². The van der Waals surface area contributed by atoms with Crippen molar-refractivity contribution >= 4 is 17.5 Å². The molecule has 0 unspecified atom stereocenters. The number of para-hydroxylation sites is 1. The Balaban J connectivity index is 1.88. The Kier molecular flexibility index (Phi) is 3.74. The van der Waals surface area contributed by atoms with Crippen LogP contribution in [0.3, 0.4) is 0 Å². The first-order valence-electron chi connectivity index (χ1n) is 7.84. The molecule has 7 heteroatoms. The van der Waals surface area contributed by atoms with Gasteiger partial charge < -0.3 is 10.2 Å². The van der Waals surface area contributed by atoms with Crippen LogP contribution in [0, 0.1) is 0 Å². The Hall–Kier alpha value is -3.48. The summed E-state index contributed by atoms with van der Waals surface area (Å²) in [5.74, 6) is -0.600. The second-order valence-corrected chi connectivity index (χ2v) is 5.74. The van der Waals surface area contributed by atoms with Crippen LogP contribution in [-0.2, 0) is 4.79 Å². The molecule has 0 aliphatic carbocycles. The van der Waals surface area contributed by atoms with Crippen molar-refractivity contribution in [2.45, 2.75) is 6.04 Å². The monoisotopic (exact) mass is 333 g/mol. The van der Waals surface area contributed by atoms with Gasteiger partial charge in [-0.2, -0.15) is 15.4 Å². The van der Waals surface area contributed by atoms with Crippen molar-refractivity contribution in [3.63, 3.8) is 0 Å². The number of benzene rings is 2. The van der Waals surface area contributed by atoms with E-state index in [9.17, 15) is 9.59 Å². The molecule has 0 saturated carbocycles. The lowest BCUT2D eigenvalue weighted by molar-refractivity contribution is -0.117. The summed E-state index contributed by atoms with van der Waals surface area (Å²) >= 11 is 0. The third-order valence-corrected chi connectivity index (χ3v) is 4.17. The molecule has 1 aliphatic heterocycles. The number of carbonyl (C=O) groups is 2. The third kappa shape index (κ3) is 2.76. The number of amides is 2. The Labute approximate surface area is 143 Å². The summed E-state index contributed by atoms with van der Waals surface area (Å²) in [6.07, 6.45) is 1.36. The van der Waals surface area contributed by atoms with Gasteiger partial charge in [-0.3, -0.25) is 9.59 Å². The minimum atomic E-state index is -0.402. The van der Waals surface area contributed by atoms with E-state index in [-0.39, 0.29) is 24.1 Å². The van der Waals surface area contributed by atoms with Crippen molar-refractivity contribution < 1.29 is 9.59 Å². The average Bonchev–Trinajstić information content (AvgIpc) is 3.12. The Morgan fingerprint density at radius 2 is 1.84 bits per heavy atom. The molecule has 0 bridgehead atoms. The Morgan fingerprint density at radius 1 is 1.08 bits per heavy atom. The van der Waals surface area contributed by atoms with Gasteiger partial charge in [0, 0.05) is 11.3 Å². The van der Waals surface area contributed by atoms with Gasteiger partial charge in [0.1, 0.15) is 6.54 Å². The molecule has 3 aromatic rings. The maximum absolute atomic E-state index is 13.0. The van der Waals surface area contributed by atoms with E-state index in [2.05, 4.69) is 20.7 Å². The molecule has 0 radical (unpaired) electrons. The SMILES string of the molecule is O=C1CN(C(=O)c2cn[nH]n2)[C@@H](c2ccccc2)c2ccccc2N1. The summed E-state index contributed by atoms with van der Waals surface area (Å²) in [5, 5.41) is 12.9.